The predicted molar refractivity (Wildman–Crippen MR) is 153 cm³/mol. The number of ether oxygens (including phenoxy) is 1. The molecule has 43 heavy (non-hydrogen) atoms. The number of rotatable bonds is 5. The number of aromatic nitrogens is 2. The van der Waals surface area contributed by atoms with E-state index in [0.717, 1.165) is 6.42 Å². The maximum absolute atomic E-state index is 16.5. The maximum atomic E-state index is 16.5. The highest BCUT2D eigenvalue weighted by Gasteiger charge is 2.48. The minimum absolute atomic E-state index is 0.000238. The van der Waals surface area contributed by atoms with Crippen LogP contribution in [0.4, 0.5) is 25.2 Å². The second-order valence-electron chi connectivity index (χ2n) is 11.7. The molecule has 2 aromatic heterocycles. The van der Waals surface area contributed by atoms with Gasteiger partial charge in [0.1, 0.15) is 11.6 Å². The van der Waals surface area contributed by atoms with E-state index < -0.39 is 23.0 Å². The smallest absolute Gasteiger partial charge is 0.320 e. The van der Waals surface area contributed by atoms with E-state index in [1.807, 2.05) is 4.90 Å². The van der Waals surface area contributed by atoms with E-state index in [-0.39, 0.29) is 70.7 Å². The van der Waals surface area contributed by atoms with Crippen molar-refractivity contribution in [3.8, 4) is 0 Å². The van der Waals surface area contributed by atoms with E-state index in [4.69, 9.17) is 16.3 Å². The molecule has 1 aromatic carbocycles. The first-order valence-electron chi connectivity index (χ1n) is 14.1. The number of likely N-dealkylation sites (tertiary alicyclic amines) is 2. The van der Waals surface area contributed by atoms with Gasteiger partial charge >= 0.3 is 6.03 Å². The van der Waals surface area contributed by atoms with Gasteiger partial charge in [0, 0.05) is 55.1 Å². The molecule has 3 fully saturated rings. The number of pyridine rings is 2. The second-order valence-corrected chi connectivity index (χ2v) is 12.2. The summed E-state index contributed by atoms with van der Waals surface area (Å²) < 4.78 is 37.7. The Kier molecular flexibility index (Phi) is 6.75. The Labute approximate surface area is 251 Å². The van der Waals surface area contributed by atoms with Gasteiger partial charge in [-0.05, 0) is 31.0 Å². The number of amides is 3. The molecular formula is C30H29ClF2N6O4. The summed E-state index contributed by atoms with van der Waals surface area (Å²) in [6.07, 6.45) is 3.69. The molecule has 0 aliphatic carbocycles. The first-order chi connectivity index (χ1) is 20.7. The van der Waals surface area contributed by atoms with Gasteiger partial charge in [0.15, 0.2) is 11.6 Å². The van der Waals surface area contributed by atoms with E-state index in [0.29, 0.717) is 31.8 Å². The SMILES string of the molecule is C[C@]1(c2cccc(Cl)c2F)CN(c2ccc(CO)cn2)C(=O)c2cnc(NC3CN(C(=O)N4C[C@@H]5C[C@H]4CO5)C3)c(F)c21. The van der Waals surface area contributed by atoms with Crippen LogP contribution in [0.2, 0.25) is 5.02 Å². The summed E-state index contributed by atoms with van der Waals surface area (Å²) in [6, 6.07) is 7.52. The molecule has 0 radical (unpaired) electrons. The highest BCUT2D eigenvalue weighted by atomic mass is 35.5. The van der Waals surface area contributed by atoms with Crippen molar-refractivity contribution >= 4 is 35.2 Å². The molecule has 3 aromatic rings. The van der Waals surface area contributed by atoms with Crippen LogP contribution in [0.15, 0.2) is 42.7 Å². The Balaban J connectivity index is 1.20. The molecule has 10 nitrogen and oxygen atoms in total. The van der Waals surface area contributed by atoms with Crippen molar-refractivity contribution < 1.29 is 28.2 Å². The lowest BCUT2D eigenvalue weighted by atomic mass is 9.71. The van der Waals surface area contributed by atoms with Gasteiger partial charge in [-0.3, -0.25) is 9.69 Å². The molecule has 4 aliphatic rings. The molecule has 0 saturated carbocycles. The molecular weight excluding hydrogens is 582 g/mol. The number of nitrogens with zero attached hydrogens (tertiary/aromatic N) is 5. The van der Waals surface area contributed by atoms with E-state index in [1.165, 1.54) is 29.4 Å². The molecule has 3 atom stereocenters. The first-order valence-corrected chi connectivity index (χ1v) is 14.5. The largest absolute Gasteiger partial charge is 0.392 e. The van der Waals surface area contributed by atoms with Crippen LogP contribution in [-0.2, 0) is 16.8 Å². The number of halogens is 3. The average Bonchev–Trinajstić information content (AvgIpc) is 3.63. The Morgan fingerprint density at radius 3 is 2.65 bits per heavy atom. The monoisotopic (exact) mass is 610 g/mol. The molecule has 2 bridgehead atoms. The fourth-order valence-electron chi connectivity index (χ4n) is 6.64. The Hall–Kier alpha value is -3.87. The zero-order valence-electron chi connectivity index (χ0n) is 23.3. The number of fused-ring (bicyclic) bond motifs is 3. The summed E-state index contributed by atoms with van der Waals surface area (Å²) >= 11 is 6.16. The van der Waals surface area contributed by atoms with Crippen LogP contribution in [0.5, 0.6) is 0 Å². The molecule has 6 heterocycles. The van der Waals surface area contributed by atoms with Crippen molar-refractivity contribution in [2.75, 3.05) is 43.0 Å². The number of anilines is 2. The van der Waals surface area contributed by atoms with Crippen LogP contribution in [0.3, 0.4) is 0 Å². The normalized spacial score (nSPS) is 24.8. The van der Waals surface area contributed by atoms with Gasteiger partial charge < -0.3 is 25.0 Å². The minimum Gasteiger partial charge on any atom is -0.392 e. The van der Waals surface area contributed by atoms with Crippen molar-refractivity contribution in [3.63, 3.8) is 0 Å². The topological polar surface area (TPSA) is 111 Å². The van der Waals surface area contributed by atoms with Crippen LogP contribution in [0.25, 0.3) is 0 Å². The molecule has 0 unspecified atom stereocenters. The number of benzene rings is 1. The van der Waals surface area contributed by atoms with Crippen LogP contribution < -0.4 is 10.2 Å². The van der Waals surface area contributed by atoms with Gasteiger partial charge in [-0.2, -0.15) is 0 Å². The van der Waals surface area contributed by atoms with Crippen LogP contribution in [0, 0.1) is 11.6 Å². The van der Waals surface area contributed by atoms with Gasteiger partial charge in [0.2, 0.25) is 0 Å². The number of urea groups is 1. The molecule has 7 rings (SSSR count). The molecule has 13 heteroatoms. The number of aliphatic hydroxyl groups excluding tert-OH is 1. The summed E-state index contributed by atoms with van der Waals surface area (Å²) in [5, 5.41) is 12.4. The van der Waals surface area contributed by atoms with Crippen molar-refractivity contribution in [1.29, 1.82) is 0 Å². The zero-order valence-corrected chi connectivity index (χ0v) is 24.0. The number of hydrogen-bond donors (Lipinski definition) is 2. The summed E-state index contributed by atoms with van der Waals surface area (Å²) in [6.45, 7) is 3.19. The lowest BCUT2D eigenvalue weighted by Gasteiger charge is -2.44. The number of nitrogens with one attached hydrogen (secondary N) is 1. The predicted octanol–water partition coefficient (Wildman–Crippen LogP) is 3.56. The summed E-state index contributed by atoms with van der Waals surface area (Å²) in [4.78, 5) is 40.2. The minimum atomic E-state index is -1.38. The lowest BCUT2D eigenvalue weighted by Crippen LogP contribution is -2.61. The third kappa shape index (κ3) is 4.50. The van der Waals surface area contributed by atoms with Crippen molar-refractivity contribution in [3.05, 3.63) is 81.6 Å². The molecule has 224 valence electrons. The molecule has 2 N–H and O–H groups in total. The Bertz CT molecular complexity index is 1620. The van der Waals surface area contributed by atoms with Gasteiger partial charge in [0.25, 0.3) is 5.91 Å². The third-order valence-electron chi connectivity index (χ3n) is 8.97. The standard InChI is InChI=1S/C30H29ClF2N6O4/c1-30(21-3-2-4-22(31)25(21)32)15-39(23-6-5-16(13-40)8-34-23)28(41)20-9-35-27(26(33)24(20)30)36-17-10-37(11-17)29(42)38-12-19-7-18(38)14-43-19/h2-6,8-9,17-19,40H,7,10-15H2,1H3,(H,35,36)/t18-,19-,30+/m0/s1. The fraction of sp³-hybridized carbons (Fsp3) is 0.400. The third-order valence-corrected chi connectivity index (χ3v) is 9.27. The average molecular weight is 611 g/mol. The quantitative estimate of drug-likeness (QED) is 0.455. The van der Waals surface area contributed by atoms with Gasteiger partial charge in [-0.25, -0.2) is 23.5 Å². The summed E-state index contributed by atoms with van der Waals surface area (Å²) in [5.74, 6) is -1.84. The van der Waals surface area contributed by atoms with Crippen molar-refractivity contribution in [2.45, 2.75) is 43.6 Å². The van der Waals surface area contributed by atoms with Gasteiger partial charge in [0.05, 0.1) is 42.0 Å². The van der Waals surface area contributed by atoms with E-state index in [1.54, 1.807) is 30.0 Å². The summed E-state index contributed by atoms with van der Waals surface area (Å²) in [7, 11) is 0. The van der Waals surface area contributed by atoms with E-state index in [2.05, 4.69) is 15.3 Å². The molecule has 0 spiro atoms. The first kappa shape index (κ1) is 27.9. The van der Waals surface area contributed by atoms with Gasteiger partial charge in [-0.1, -0.05) is 29.8 Å². The van der Waals surface area contributed by atoms with Crippen LogP contribution >= 0.6 is 11.6 Å². The van der Waals surface area contributed by atoms with Crippen molar-refractivity contribution in [1.82, 2.24) is 19.8 Å². The second kappa shape index (κ2) is 10.4. The number of carbonyl (C=O) groups is 2. The Morgan fingerprint density at radius 1 is 1.16 bits per heavy atom. The molecule has 3 saturated heterocycles. The highest BCUT2D eigenvalue weighted by molar-refractivity contribution is 6.30. The highest BCUT2D eigenvalue weighted by Crippen LogP contribution is 2.44. The molecule has 3 amide bonds. The van der Waals surface area contributed by atoms with E-state index in [9.17, 15) is 14.7 Å². The Morgan fingerprint density at radius 2 is 1.98 bits per heavy atom. The summed E-state index contributed by atoms with van der Waals surface area (Å²) in [5.41, 5.74) is -0.733. The van der Waals surface area contributed by atoms with Gasteiger partial charge in [-0.15, -0.1) is 0 Å². The fourth-order valence-corrected chi connectivity index (χ4v) is 6.82. The van der Waals surface area contributed by atoms with Crippen LogP contribution in [-0.4, -0.2) is 87.8 Å². The zero-order chi connectivity index (χ0) is 30.0. The van der Waals surface area contributed by atoms with Crippen molar-refractivity contribution in [2.24, 2.45) is 0 Å². The number of morpholine rings is 1. The lowest BCUT2D eigenvalue weighted by molar-refractivity contribution is 0.0303. The number of carbonyl (C=O) groups excluding carboxylic acids is 2. The van der Waals surface area contributed by atoms with Crippen LogP contribution in [0.1, 0.15) is 40.4 Å². The number of aliphatic hydroxyl groups is 1. The molecule has 4 aliphatic heterocycles. The van der Waals surface area contributed by atoms with E-state index >= 15 is 8.78 Å². The number of hydrogen-bond acceptors (Lipinski definition) is 7. The maximum Gasteiger partial charge on any atom is 0.320 e.